The fourth-order valence-corrected chi connectivity index (χ4v) is 2.54. The molecule has 0 radical (unpaired) electrons. The zero-order valence-corrected chi connectivity index (χ0v) is 12.2. The average Bonchev–Trinajstić information content (AvgIpc) is 2.45. The van der Waals surface area contributed by atoms with Gasteiger partial charge in [0.05, 0.1) is 10.0 Å². The summed E-state index contributed by atoms with van der Waals surface area (Å²) in [6.07, 6.45) is 5.57. The normalized spacial score (nSPS) is 12.4. The predicted molar refractivity (Wildman–Crippen MR) is 80.8 cm³/mol. The van der Waals surface area contributed by atoms with E-state index in [9.17, 15) is 0 Å². The van der Waals surface area contributed by atoms with Crippen LogP contribution in [0.3, 0.4) is 0 Å². The van der Waals surface area contributed by atoms with Gasteiger partial charge >= 0.3 is 0 Å². The third kappa shape index (κ3) is 3.69. The van der Waals surface area contributed by atoms with Crippen LogP contribution in [0.5, 0.6) is 0 Å². The molecule has 0 saturated heterocycles. The Balaban J connectivity index is 2.10. The third-order valence-electron chi connectivity index (χ3n) is 3.15. The lowest BCUT2D eigenvalue weighted by molar-refractivity contribution is 0.549. The van der Waals surface area contributed by atoms with Gasteiger partial charge in [-0.05, 0) is 43.1 Å². The van der Waals surface area contributed by atoms with Crippen molar-refractivity contribution in [1.29, 1.82) is 0 Å². The van der Waals surface area contributed by atoms with Crippen LogP contribution >= 0.6 is 23.2 Å². The Hall–Kier alpha value is -1.09. The number of pyridine rings is 1. The van der Waals surface area contributed by atoms with Crippen molar-refractivity contribution in [2.24, 2.45) is 0 Å². The van der Waals surface area contributed by atoms with Gasteiger partial charge in [0, 0.05) is 18.4 Å². The maximum atomic E-state index is 6.26. The van der Waals surface area contributed by atoms with Crippen LogP contribution in [0, 0.1) is 0 Å². The van der Waals surface area contributed by atoms with Crippen molar-refractivity contribution in [3.05, 3.63) is 63.9 Å². The van der Waals surface area contributed by atoms with Crippen molar-refractivity contribution >= 4 is 23.2 Å². The SMILES string of the molecule is CNC(CCc1cccnc1)c1cccc(Cl)c1Cl. The largest absolute Gasteiger partial charge is 0.313 e. The minimum absolute atomic E-state index is 0.186. The molecule has 0 aliphatic carbocycles. The molecule has 1 atom stereocenters. The van der Waals surface area contributed by atoms with Crippen molar-refractivity contribution in [1.82, 2.24) is 10.3 Å². The lowest BCUT2D eigenvalue weighted by Gasteiger charge is -2.18. The van der Waals surface area contributed by atoms with Gasteiger partial charge in [-0.25, -0.2) is 0 Å². The molecule has 0 saturated carbocycles. The first-order chi connectivity index (χ1) is 9.22. The summed E-state index contributed by atoms with van der Waals surface area (Å²) in [4.78, 5) is 4.13. The number of aromatic nitrogens is 1. The van der Waals surface area contributed by atoms with Gasteiger partial charge in [-0.2, -0.15) is 0 Å². The van der Waals surface area contributed by atoms with E-state index in [1.807, 2.05) is 31.4 Å². The van der Waals surface area contributed by atoms with E-state index in [4.69, 9.17) is 23.2 Å². The Morgan fingerprint density at radius 2 is 2.05 bits per heavy atom. The predicted octanol–water partition coefficient (Wildman–Crippen LogP) is 4.28. The highest BCUT2D eigenvalue weighted by atomic mass is 35.5. The van der Waals surface area contributed by atoms with Crippen LogP contribution in [0.1, 0.15) is 23.6 Å². The molecule has 1 N–H and O–H groups in total. The Kier molecular flexibility index (Phi) is 5.20. The number of nitrogens with one attached hydrogen (secondary N) is 1. The second-order valence-electron chi connectivity index (χ2n) is 4.38. The van der Waals surface area contributed by atoms with Crippen molar-refractivity contribution in [3.8, 4) is 0 Å². The Bertz CT molecular complexity index is 529. The molecular weight excluding hydrogens is 279 g/mol. The van der Waals surface area contributed by atoms with Gasteiger partial charge < -0.3 is 5.32 Å². The van der Waals surface area contributed by atoms with Crippen molar-refractivity contribution in [2.45, 2.75) is 18.9 Å². The van der Waals surface area contributed by atoms with Crippen molar-refractivity contribution < 1.29 is 0 Å². The number of nitrogens with zero attached hydrogens (tertiary/aromatic N) is 1. The van der Waals surface area contributed by atoms with Gasteiger partial charge in [0.1, 0.15) is 0 Å². The molecule has 1 heterocycles. The van der Waals surface area contributed by atoms with E-state index in [1.165, 1.54) is 5.56 Å². The van der Waals surface area contributed by atoms with E-state index >= 15 is 0 Å². The molecule has 2 nitrogen and oxygen atoms in total. The minimum Gasteiger partial charge on any atom is -0.313 e. The molecule has 1 aromatic carbocycles. The third-order valence-corrected chi connectivity index (χ3v) is 3.98. The molecule has 4 heteroatoms. The Labute approximate surface area is 123 Å². The highest BCUT2D eigenvalue weighted by Crippen LogP contribution is 2.31. The van der Waals surface area contributed by atoms with E-state index < -0.39 is 0 Å². The molecule has 0 spiro atoms. The molecule has 100 valence electrons. The standard InChI is InChI=1S/C15H16Cl2N2/c1-18-14(8-7-11-4-3-9-19-10-11)12-5-2-6-13(16)15(12)17/h2-6,9-10,14,18H,7-8H2,1H3. The van der Waals surface area contributed by atoms with Crippen LogP contribution in [-0.2, 0) is 6.42 Å². The van der Waals surface area contributed by atoms with Crippen LogP contribution in [0.4, 0.5) is 0 Å². The zero-order chi connectivity index (χ0) is 13.7. The maximum absolute atomic E-state index is 6.26. The lowest BCUT2D eigenvalue weighted by atomic mass is 10.00. The van der Waals surface area contributed by atoms with Crippen LogP contribution in [0.25, 0.3) is 0 Å². The fourth-order valence-electron chi connectivity index (χ4n) is 2.10. The molecule has 0 bridgehead atoms. The monoisotopic (exact) mass is 294 g/mol. The van der Waals surface area contributed by atoms with Gasteiger partial charge in [0.25, 0.3) is 0 Å². The van der Waals surface area contributed by atoms with Crippen LogP contribution in [-0.4, -0.2) is 12.0 Å². The summed E-state index contributed by atoms with van der Waals surface area (Å²) in [5.74, 6) is 0. The molecule has 19 heavy (non-hydrogen) atoms. The summed E-state index contributed by atoms with van der Waals surface area (Å²) in [6.45, 7) is 0. The van der Waals surface area contributed by atoms with Crippen LogP contribution < -0.4 is 5.32 Å². The molecule has 1 aromatic heterocycles. The van der Waals surface area contributed by atoms with Crippen molar-refractivity contribution in [2.75, 3.05) is 7.05 Å². The van der Waals surface area contributed by atoms with Crippen LogP contribution in [0.2, 0.25) is 10.0 Å². The van der Waals surface area contributed by atoms with Gasteiger partial charge in [-0.15, -0.1) is 0 Å². The van der Waals surface area contributed by atoms with Crippen LogP contribution in [0.15, 0.2) is 42.7 Å². The summed E-state index contributed by atoms with van der Waals surface area (Å²) >= 11 is 12.3. The smallest absolute Gasteiger partial charge is 0.0640 e. The fraction of sp³-hybridized carbons (Fsp3) is 0.267. The second-order valence-corrected chi connectivity index (χ2v) is 5.17. The first-order valence-electron chi connectivity index (χ1n) is 6.22. The van der Waals surface area contributed by atoms with E-state index in [2.05, 4.69) is 16.4 Å². The molecule has 0 fully saturated rings. The summed E-state index contributed by atoms with van der Waals surface area (Å²) in [5.41, 5.74) is 2.27. The van der Waals surface area contributed by atoms with E-state index in [-0.39, 0.29) is 6.04 Å². The summed E-state index contributed by atoms with van der Waals surface area (Å²) in [7, 11) is 1.94. The van der Waals surface area contributed by atoms with Gasteiger partial charge in [0.2, 0.25) is 0 Å². The first-order valence-corrected chi connectivity index (χ1v) is 6.98. The molecule has 1 unspecified atom stereocenters. The molecular formula is C15H16Cl2N2. The number of aryl methyl sites for hydroxylation is 1. The first kappa shape index (κ1) is 14.3. The van der Waals surface area contributed by atoms with E-state index in [1.54, 1.807) is 12.3 Å². The minimum atomic E-state index is 0.186. The van der Waals surface area contributed by atoms with E-state index in [0.717, 1.165) is 18.4 Å². The topological polar surface area (TPSA) is 24.9 Å². The van der Waals surface area contributed by atoms with Gasteiger partial charge in [0.15, 0.2) is 0 Å². The van der Waals surface area contributed by atoms with Crippen molar-refractivity contribution in [3.63, 3.8) is 0 Å². The maximum Gasteiger partial charge on any atom is 0.0640 e. The highest BCUT2D eigenvalue weighted by molar-refractivity contribution is 6.42. The molecule has 0 aliphatic heterocycles. The number of hydrogen-bond acceptors (Lipinski definition) is 2. The number of rotatable bonds is 5. The zero-order valence-electron chi connectivity index (χ0n) is 10.7. The Morgan fingerprint density at radius 3 is 2.74 bits per heavy atom. The highest BCUT2D eigenvalue weighted by Gasteiger charge is 2.14. The average molecular weight is 295 g/mol. The molecule has 2 aromatic rings. The van der Waals surface area contributed by atoms with Gasteiger partial charge in [-0.1, -0.05) is 41.4 Å². The number of halogens is 2. The quantitative estimate of drug-likeness (QED) is 0.890. The molecule has 0 amide bonds. The second kappa shape index (κ2) is 6.90. The summed E-state index contributed by atoms with van der Waals surface area (Å²) < 4.78 is 0. The number of hydrogen-bond donors (Lipinski definition) is 1. The number of benzene rings is 1. The Morgan fingerprint density at radius 1 is 1.21 bits per heavy atom. The summed E-state index contributed by atoms with van der Waals surface area (Å²) in [6, 6.07) is 9.97. The van der Waals surface area contributed by atoms with Gasteiger partial charge in [-0.3, -0.25) is 4.98 Å². The summed E-state index contributed by atoms with van der Waals surface area (Å²) in [5, 5.41) is 4.53. The molecule has 2 rings (SSSR count). The van der Waals surface area contributed by atoms with E-state index in [0.29, 0.717) is 10.0 Å². The molecule has 0 aliphatic rings. The lowest BCUT2D eigenvalue weighted by Crippen LogP contribution is -2.17.